The van der Waals surface area contributed by atoms with Crippen molar-refractivity contribution in [3.63, 3.8) is 0 Å². The van der Waals surface area contributed by atoms with Gasteiger partial charge >= 0.3 is 0 Å². The van der Waals surface area contributed by atoms with Gasteiger partial charge in [-0.2, -0.15) is 0 Å². The van der Waals surface area contributed by atoms with Crippen LogP contribution in [-0.4, -0.2) is 51.7 Å². The van der Waals surface area contributed by atoms with Gasteiger partial charge in [-0.3, -0.25) is 4.79 Å². The second-order valence-electron chi connectivity index (χ2n) is 5.32. The van der Waals surface area contributed by atoms with E-state index in [-0.39, 0.29) is 17.6 Å². The molecule has 2 rings (SSSR count). The molecule has 0 bridgehead atoms. The van der Waals surface area contributed by atoms with Gasteiger partial charge in [-0.1, -0.05) is 20.4 Å². The van der Waals surface area contributed by atoms with Crippen LogP contribution < -0.4 is 5.32 Å². The van der Waals surface area contributed by atoms with Crippen LogP contribution in [-0.2, 0) is 9.53 Å². The molecule has 0 unspecified atom stereocenters. The molecule has 2 heterocycles. The molecule has 0 aliphatic carbocycles. The number of amides is 1. The van der Waals surface area contributed by atoms with Crippen LogP contribution in [0.4, 0.5) is 4.39 Å². The standard InChI is InChI=1S/C13H19FN2O4/c1-7(2)13(6-17)11(19)10(14)12(20-13)16-5-4-9(18)15-8(16)3/h4-5,7,10-12,17,19H,3,6H2,1-2H3,(H,15,18)/t10-,11-,12+,13-/m0/s1. The van der Waals surface area contributed by atoms with Crippen molar-refractivity contribution in [1.29, 1.82) is 0 Å². The summed E-state index contributed by atoms with van der Waals surface area (Å²) in [5.74, 6) is -0.491. The van der Waals surface area contributed by atoms with Crippen molar-refractivity contribution in [2.45, 2.75) is 38.0 Å². The summed E-state index contributed by atoms with van der Waals surface area (Å²) >= 11 is 0. The lowest BCUT2D eigenvalue weighted by molar-refractivity contribution is -0.158. The summed E-state index contributed by atoms with van der Waals surface area (Å²) in [6, 6.07) is 0. The predicted octanol–water partition coefficient (Wildman–Crippen LogP) is -0.155. The van der Waals surface area contributed by atoms with Crippen molar-refractivity contribution in [1.82, 2.24) is 10.2 Å². The van der Waals surface area contributed by atoms with Crippen LogP contribution in [0.2, 0.25) is 0 Å². The lowest BCUT2D eigenvalue weighted by atomic mass is 9.85. The molecule has 7 heteroatoms. The highest BCUT2D eigenvalue weighted by Crippen LogP contribution is 2.40. The number of nitrogens with zero attached hydrogens (tertiary/aromatic N) is 1. The topological polar surface area (TPSA) is 82.0 Å². The molecule has 0 aromatic rings. The van der Waals surface area contributed by atoms with Crippen LogP contribution in [0.15, 0.2) is 24.7 Å². The van der Waals surface area contributed by atoms with Gasteiger partial charge in [-0.25, -0.2) is 4.39 Å². The molecular weight excluding hydrogens is 267 g/mol. The van der Waals surface area contributed by atoms with Crippen molar-refractivity contribution >= 4 is 5.91 Å². The fraction of sp³-hybridized carbons (Fsp3) is 0.615. The summed E-state index contributed by atoms with van der Waals surface area (Å²) in [6.07, 6.45) is -1.79. The summed E-state index contributed by atoms with van der Waals surface area (Å²) in [6.45, 7) is 6.59. The Labute approximate surface area is 116 Å². The normalized spacial score (nSPS) is 37.7. The Balaban J connectivity index is 2.29. The van der Waals surface area contributed by atoms with E-state index in [9.17, 15) is 19.4 Å². The van der Waals surface area contributed by atoms with Crippen LogP contribution in [0.25, 0.3) is 0 Å². The maximum atomic E-state index is 14.4. The van der Waals surface area contributed by atoms with E-state index in [1.54, 1.807) is 13.8 Å². The van der Waals surface area contributed by atoms with Crippen LogP contribution in [0.5, 0.6) is 0 Å². The zero-order chi connectivity index (χ0) is 15.1. The molecule has 0 aromatic heterocycles. The fourth-order valence-corrected chi connectivity index (χ4v) is 2.51. The van der Waals surface area contributed by atoms with Crippen LogP contribution in [0, 0.1) is 5.92 Å². The smallest absolute Gasteiger partial charge is 0.250 e. The van der Waals surface area contributed by atoms with Crippen molar-refractivity contribution < 1.29 is 24.1 Å². The maximum Gasteiger partial charge on any atom is 0.250 e. The van der Waals surface area contributed by atoms with Crippen molar-refractivity contribution in [2.75, 3.05) is 6.61 Å². The molecule has 0 spiro atoms. The van der Waals surface area contributed by atoms with Crippen LogP contribution in [0.1, 0.15) is 13.8 Å². The third-order valence-electron chi connectivity index (χ3n) is 3.88. The molecule has 2 aliphatic heterocycles. The molecule has 4 atom stereocenters. The van der Waals surface area contributed by atoms with Gasteiger partial charge in [0.1, 0.15) is 17.5 Å². The second-order valence-corrected chi connectivity index (χ2v) is 5.32. The second kappa shape index (κ2) is 5.16. The third-order valence-corrected chi connectivity index (χ3v) is 3.88. The van der Waals surface area contributed by atoms with Crippen LogP contribution in [0.3, 0.4) is 0 Å². The molecule has 112 valence electrons. The van der Waals surface area contributed by atoms with E-state index in [2.05, 4.69) is 11.9 Å². The summed E-state index contributed by atoms with van der Waals surface area (Å²) in [4.78, 5) is 12.5. The first kappa shape index (κ1) is 15.0. The van der Waals surface area contributed by atoms with Gasteiger partial charge in [-0.15, -0.1) is 0 Å². The van der Waals surface area contributed by atoms with E-state index in [4.69, 9.17) is 4.74 Å². The van der Waals surface area contributed by atoms with E-state index < -0.39 is 30.7 Å². The molecule has 20 heavy (non-hydrogen) atoms. The van der Waals surface area contributed by atoms with E-state index >= 15 is 0 Å². The van der Waals surface area contributed by atoms with Gasteiger partial charge in [0.15, 0.2) is 12.4 Å². The molecule has 1 amide bonds. The third kappa shape index (κ3) is 2.11. The van der Waals surface area contributed by atoms with E-state index in [1.165, 1.54) is 17.2 Å². The van der Waals surface area contributed by atoms with Crippen molar-refractivity contribution in [2.24, 2.45) is 5.92 Å². The highest BCUT2D eigenvalue weighted by atomic mass is 19.1. The first-order valence-electron chi connectivity index (χ1n) is 6.40. The number of hydrogen-bond donors (Lipinski definition) is 3. The molecule has 0 radical (unpaired) electrons. The zero-order valence-corrected chi connectivity index (χ0v) is 11.4. The molecule has 2 aliphatic rings. The van der Waals surface area contributed by atoms with Crippen LogP contribution >= 0.6 is 0 Å². The SMILES string of the molecule is C=C1NC(=O)C=CN1[C@@H]1O[C@@](CO)(C(C)C)[C@@H](O)[C@@H]1F. The highest BCUT2D eigenvalue weighted by Gasteiger charge is 2.58. The van der Waals surface area contributed by atoms with Crippen molar-refractivity contribution in [3.8, 4) is 0 Å². The summed E-state index contributed by atoms with van der Waals surface area (Å²) in [7, 11) is 0. The predicted molar refractivity (Wildman–Crippen MR) is 68.7 cm³/mol. The Morgan fingerprint density at radius 3 is 2.75 bits per heavy atom. The van der Waals surface area contributed by atoms with E-state index in [0.717, 1.165) is 0 Å². The van der Waals surface area contributed by atoms with E-state index in [1.807, 2.05) is 0 Å². The lowest BCUT2D eigenvalue weighted by Gasteiger charge is -2.36. The molecular formula is C13H19FN2O4. The Morgan fingerprint density at radius 2 is 2.30 bits per heavy atom. The lowest BCUT2D eigenvalue weighted by Crippen LogP contribution is -2.49. The monoisotopic (exact) mass is 286 g/mol. The first-order valence-corrected chi connectivity index (χ1v) is 6.40. The van der Waals surface area contributed by atoms with Crippen molar-refractivity contribution in [3.05, 3.63) is 24.7 Å². The molecule has 0 aromatic carbocycles. The number of nitrogens with one attached hydrogen (secondary N) is 1. The molecule has 3 N–H and O–H groups in total. The minimum absolute atomic E-state index is 0.162. The number of ether oxygens (including phenoxy) is 1. The Morgan fingerprint density at radius 1 is 1.65 bits per heavy atom. The van der Waals surface area contributed by atoms with Gasteiger partial charge in [0.2, 0.25) is 0 Å². The number of aliphatic hydroxyl groups excluding tert-OH is 2. The number of carbonyl (C=O) groups excluding carboxylic acids is 1. The number of halogens is 1. The summed E-state index contributed by atoms with van der Waals surface area (Å²) in [5.41, 5.74) is -1.38. The number of hydrogen-bond acceptors (Lipinski definition) is 5. The number of rotatable bonds is 3. The van der Waals surface area contributed by atoms with E-state index in [0.29, 0.717) is 0 Å². The number of carbonyl (C=O) groups is 1. The zero-order valence-electron chi connectivity index (χ0n) is 11.4. The van der Waals surface area contributed by atoms with Gasteiger partial charge in [0.05, 0.1) is 6.61 Å². The minimum Gasteiger partial charge on any atom is -0.393 e. The van der Waals surface area contributed by atoms with Gasteiger partial charge < -0.3 is 25.2 Å². The average molecular weight is 286 g/mol. The molecule has 6 nitrogen and oxygen atoms in total. The van der Waals surface area contributed by atoms with Gasteiger partial charge in [-0.05, 0) is 5.92 Å². The minimum atomic E-state index is -1.74. The van der Waals surface area contributed by atoms with Gasteiger partial charge in [0.25, 0.3) is 5.91 Å². The Kier molecular flexibility index (Phi) is 3.86. The Bertz CT molecular complexity index is 454. The fourth-order valence-electron chi connectivity index (χ4n) is 2.51. The summed E-state index contributed by atoms with van der Waals surface area (Å²) in [5, 5.41) is 22.0. The number of aliphatic hydroxyl groups is 2. The van der Waals surface area contributed by atoms with Gasteiger partial charge in [0, 0.05) is 12.3 Å². The molecule has 0 saturated carbocycles. The molecule has 1 saturated heterocycles. The Hall–Kier alpha value is -1.44. The quantitative estimate of drug-likeness (QED) is 0.672. The average Bonchev–Trinajstić information content (AvgIpc) is 2.64. The summed E-state index contributed by atoms with van der Waals surface area (Å²) < 4.78 is 20.0. The first-order chi connectivity index (χ1) is 9.33. The highest BCUT2D eigenvalue weighted by molar-refractivity contribution is 5.89. The number of alkyl halides is 1. The maximum absolute atomic E-state index is 14.4. The largest absolute Gasteiger partial charge is 0.393 e. The molecule has 1 fully saturated rings.